The molecule has 3 heteroatoms. The molecule has 17 heavy (non-hydrogen) atoms. The molecule has 2 aromatic carbocycles. The molecule has 0 aliphatic carbocycles. The van der Waals surface area contributed by atoms with Crippen LogP contribution in [0.25, 0.3) is 0 Å². The normalized spacial score (nSPS) is 12.5. The highest BCUT2D eigenvalue weighted by atomic mass is 16.7. The molecule has 1 radical (unpaired) electrons. The largest absolute Gasteiger partial charge is 0.485 e. The van der Waals surface area contributed by atoms with Crippen molar-refractivity contribution in [1.29, 1.82) is 0 Å². The zero-order valence-electron chi connectivity index (χ0n) is 9.18. The fourth-order valence-corrected chi connectivity index (χ4v) is 1.65. The van der Waals surface area contributed by atoms with Gasteiger partial charge in [0.15, 0.2) is 11.5 Å². The first kappa shape index (κ1) is 10.0. The third-order valence-electron chi connectivity index (χ3n) is 2.51. The van der Waals surface area contributed by atoms with E-state index in [2.05, 4.69) is 6.07 Å². The molecule has 2 heterocycles. The van der Waals surface area contributed by atoms with Crippen molar-refractivity contribution >= 4 is 0 Å². The summed E-state index contributed by atoms with van der Waals surface area (Å²) >= 11 is 0. The summed E-state index contributed by atoms with van der Waals surface area (Å²) < 4.78 is 16.4. The van der Waals surface area contributed by atoms with E-state index >= 15 is 0 Å². The minimum atomic E-state index is 0.235. The van der Waals surface area contributed by atoms with Gasteiger partial charge in [-0.15, -0.1) is 0 Å². The van der Waals surface area contributed by atoms with Crippen LogP contribution in [-0.4, -0.2) is 6.79 Å². The van der Waals surface area contributed by atoms with Crippen LogP contribution in [0.3, 0.4) is 0 Å². The van der Waals surface area contributed by atoms with Crippen LogP contribution in [0.1, 0.15) is 5.56 Å². The number of rotatable bonds is 3. The zero-order chi connectivity index (χ0) is 11.5. The quantitative estimate of drug-likeness (QED) is 0.807. The molecule has 0 N–H and O–H groups in total. The van der Waals surface area contributed by atoms with Crippen LogP contribution < -0.4 is 14.2 Å². The van der Waals surface area contributed by atoms with Crippen molar-refractivity contribution in [2.75, 3.05) is 6.79 Å². The highest BCUT2D eigenvalue weighted by Gasteiger charge is 2.12. The first-order chi connectivity index (χ1) is 8.42. The van der Waals surface area contributed by atoms with Gasteiger partial charge in [0.25, 0.3) is 0 Å². The predicted molar refractivity (Wildman–Crippen MR) is 62.2 cm³/mol. The van der Waals surface area contributed by atoms with Gasteiger partial charge < -0.3 is 14.2 Å². The van der Waals surface area contributed by atoms with Gasteiger partial charge in [0.2, 0.25) is 6.79 Å². The lowest BCUT2D eigenvalue weighted by Crippen LogP contribution is -2.02. The highest BCUT2D eigenvalue weighted by Crippen LogP contribution is 2.34. The minimum absolute atomic E-state index is 0.235. The SMILES string of the molecule is [c]1ccccc1COc1cc2ccc1OCO2. The van der Waals surface area contributed by atoms with E-state index < -0.39 is 0 Å². The molecule has 2 aromatic rings. The lowest BCUT2D eigenvalue weighted by molar-refractivity contribution is 0.124. The second kappa shape index (κ2) is 4.37. The summed E-state index contributed by atoms with van der Waals surface area (Å²) in [5, 5.41) is 0. The van der Waals surface area contributed by atoms with Crippen LogP contribution in [0.4, 0.5) is 0 Å². The Bertz CT molecular complexity index is 508. The Morgan fingerprint density at radius 1 is 1.18 bits per heavy atom. The van der Waals surface area contributed by atoms with E-state index in [1.807, 2.05) is 42.5 Å². The maximum atomic E-state index is 5.70. The second-order valence-electron chi connectivity index (χ2n) is 3.69. The molecule has 0 atom stereocenters. The Morgan fingerprint density at radius 2 is 2.18 bits per heavy atom. The van der Waals surface area contributed by atoms with Gasteiger partial charge in [-0.1, -0.05) is 24.3 Å². The summed E-state index contributed by atoms with van der Waals surface area (Å²) in [5.74, 6) is 2.18. The minimum Gasteiger partial charge on any atom is -0.485 e. The Morgan fingerprint density at radius 3 is 3.06 bits per heavy atom. The third-order valence-corrected chi connectivity index (χ3v) is 2.51. The van der Waals surface area contributed by atoms with E-state index in [1.165, 1.54) is 0 Å². The molecule has 3 nitrogen and oxygen atoms in total. The monoisotopic (exact) mass is 227 g/mol. The van der Waals surface area contributed by atoms with E-state index in [-0.39, 0.29) is 6.79 Å². The molecule has 0 fully saturated rings. The first-order valence-corrected chi connectivity index (χ1v) is 5.40. The number of hydrogen-bond donors (Lipinski definition) is 0. The lowest BCUT2D eigenvalue weighted by atomic mass is 10.2. The highest BCUT2D eigenvalue weighted by molar-refractivity contribution is 5.46. The van der Waals surface area contributed by atoms with Crippen molar-refractivity contribution in [3.63, 3.8) is 0 Å². The molecule has 0 saturated carbocycles. The summed E-state index contributed by atoms with van der Waals surface area (Å²) in [7, 11) is 0. The van der Waals surface area contributed by atoms with Crippen LogP contribution in [-0.2, 0) is 6.61 Å². The number of ether oxygens (including phenoxy) is 3. The third kappa shape index (κ3) is 2.18. The Hall–Kier alpha value is -2.16. The standard InChI is InChI=1S/C14H11O3/c1-2-4-11(5-3-1)9-15-14-8-12-6-7-13(14)17-10-16-12/h1-4,6-8H,9-10H2. The van der Waals surface area contributed by atoms with Gasteiger partial charge in [0, 0.05) is 6.07 Å². The topological polar surface area (TPSA) is 27.7 Å². The van der Waals surface area contributed by atoms with Gasteiger partial charge in [-0.3, -0.25) is 0 Å². The lowest BCUT2D eigenvalue weighted by Gasteiger charge is -2.08. The molecule has 0 amide bonds. The first-order valence-electron chi connectivity index (χ1n) is 5.40. The number of hydrogen-bond acceptors (Lipinski definition) is 3. The average Bonchev–Trinajstić information content (AvgIpc) is 2.72. The fourth-order valence-electron chi connectivity index (χ4n) is 1.65. The molecular weight excluding hydrogens is 216 g/mol. The van der Waals surface area contributed by atoms with Crippen molar-refractivity contribution in [3.8, 4) is 17.2 Å². The van der Waals surface area contributed by atoms with Crippen LogP contribution in [0.2, 0.25) is 0 Å². The summed E-state index contributed by atoms with van der Waals surface area (Å²) in [5.41, 5.74) is 1.00. The molecular formula is C14H11O3. The molecule has 85 valence electrons. The van der Waals surface area contributed by atoms with Crippen molar-refractivity contribution in [2.45, 2.75) is 6.61 Å². The smallest absolute Gasteiger partial charge is 0.231 e. The van der Waals surface area contributed by atoms with Crippen LogP contribution in [0, 0.1) is 6.07 Å². The Balaban J connectivity index is 1.76. The maximum absolute atomic E-state index is 5.70. The number of benzene rings is 2. The van der Waals surface area contributed by atoms with Gasteiger partial charge in [0.05, 0.1) is 0 Å². The van der Waals surface area contributed by atoms with Crippen LogP contribution in [0.5, 0.6) is 17.2 Å². The molecule has 0 aromatic heterocycles. The van der Waals surface area contributed by atoms with Crippen molar-refractivity contribution in [1.82, 2.24) is 0 Å². The Labute approximate surface area is 99.6 Å². The van der Waals surface area contributed by atoms with Crippen LogP contribution >= 0.6 is 0 Å². The second-order valence-corrected chi connectivity index (χ2v) is 3.69. The van der Waals surface area contributed by atoms with Crippen molar-refractivity contribution in [2.24, 2.45) is 0 Å². The van der Waals surface area contributed by atoms with E-state index in [0.717, 1.165) is 11.3 Å². The maximum Gasteiger partial charge on any atom is 0.231 e. The fraction of sp³-hybridized carbons (Fsp3) is 0.143. The molecule has 2 aliphatic rings. The van der Waals surface area contributed by atoms with Crippen molar-refractivity contribution in [3.05, 3.63) is 54.1 Å². The Kier molecular flexibility index (Phi) is 2.58. The molecule has 0 spiro atoms. The zero-order valence-corrected chi connectivity index (χ0v) is 9.18. The molecule has 0 saturated heterocycles. The van der Waals surface area contributed by atoms with Gasteiger partial charge in [-0.05, 0) is 23.8 Å². The number of fused-ring (bicyclic) bond motifs is 4. The van der Waals surface area contributed by atoms with E-state index in [1.54, 1.807) is 0 Å². The average molecular weight is 227 g/mol. The van der Waals surface area contributed by atoms with Crippen LogP contribution in [0.15, 0.2) is 42.5 Å². The molecule has 2 bridgehead atoms. The van der Waals surface area contributed by atoms with E-state index in [9.17, 15) is 0 Å². The van der Waals surface area contributed by atoms with Gasteiger partial charge in [0.1, 0.15) is 12.4 Å². The summed E-state index contributed by atoms with van der Waals surface area (Å²) in [6, 6.07) is 16.4. The summed E-state index contributed by atoms with van der Waals surface area (Å²) in [4.78, 5) is 0. The predicted octanol–water partition coefficient (Wildman–Crippen LogP) is 2.79. The van der Waals surface area contributed by atoms with Gasteiger partial charge >= 0.3 is 0 Å². The molecule has 4 rings (SSSR count). The van der Waals surface area contributed by atoms with Gasteiger partial charge in [-0.25, -0.2) is 0 Å². The van der Waals surface area contributed by atoms with Crippen molar-refractivity contribution < 1.29 is 14.2 Å². The summed E-state index contributed by atoms with van der Waals surface area (Å²) in [6.07, 6.45) is 0. The summed E-state index contributed by atoms with van der Waals surface area (Å²) in [6.45, 7) is 0.707. The van der Waals surface area contributed by atoms with Gasteiger partial charge in [-0.2, -0.15) is 0 Å². The van der Waals surface area contributed by atoms with E-state index in [4.69, 9.17) is 14.2 Å². The van der Waals surface area contributed by atoms with E-state index in [0.29, 0.717) is 18.1 Å². The molecule has 0 unspecified atom stereocenters. The molecule has 2 aliphatic heterocycles.